The van der Waals surface area contributed by atoms with Gasteiger partial charge in [0.25, 0.3) is 0 Å². The molecule has 4 fully saturated rings. The van der Waals surface area contributed by atoms with E-state index in [4.69, 9.17) is 28.8 Å². The zero-order valence-electron chi connectivity index (χ0n) is 29.3. The number of pyridine rings is 2. The van der Waals surface area contributed by atoms with Gasteiger partial charge in [0.2, 0.25) is 5.91 Å². The van der Waals surface area contributed by atoms with Gasteiger partial charge in [-0.05, 0) is 120 Å². The molecular formula is C39H51N5O5. The van der Waals surface area contributed by atoms with E-state index in [0.717, 1.165) is 98.7 Å². The summed E-state index contributed by atoms with van der Waals surface area (Å²) in [4.78, 5) is 45.4. The van der Waals surface area contributed by atoms with Crippen molar-refractivity contribution >= 4 is 17.8 Å². The van der Waals surface area contributed by atoms with E-state index in [1.165, 1.54) is 0 Å². The van der Waals surface area contributed by atoms with Gasteiger partial charge < -0.3 is 18.8 Å². The fraction of sp³-hybridized carbons (Fsp3) is 0.615. The number of aromatic nitrogens is 3. The van der Waals surface area contributed by atoms with Crippen molar-refractivity contribution in [1.82, 2.24) is 19.9 Å². The first-order chi connectivity index (χ1) is 23.8. The van der Waals surface area contributed by atoms with Crippen LogP contribution in [-0.2, 0) is 9.53 Å². The van der Waals surface area contributed by atoms with E-state index >= 15 is 0 Å². The van der Waals surface area contributed by atoms with Gasteiger partial charge >= 0.3 is 6.09 Å². The summed E-state index contributed by atoms with van der Waals surface area (Å²) in [6.45, 7) is 6.40. The van der Waals surface area contributed by atoms with Gasteiger partial charge in [0.1, 0.15) is 29.6 Å². The third-order valence-corrected chi connectivity index (χ3v) is 11.3. The topological polar surface area (TPSA) is 111 Å². The summed E-state index contributed by atoms with van der Waals surface area (Å²) in [6.07, 6.45) is 14.4. The molecule has 0 radical (unpaired) electrons. The number of amides is 2. The smallest absolute Gasteiger partial charge is 0.410 e. The van der Waals surface area contributed by atoms with Gasteiger partial charge in [-0.3, -0.25) is 14.7 Å². The summed E-state index contributed by atoms with van der Waals surface area (Å²) in [6, 6.07) is 8.06. The molecule has 1 aliphatic heterocycles. The number of oxazole rings is 1. The number of rotatable bonds is 9. The summed E-state index contributed by atoms with van der Waals surface area (Å²) in [5.41, 5.74) is 3.74. The molecule has 0 bridgehead atoms. The number of piperidine rings is 1. The Hall–Kier alpha value is -3.95. The summed E-state index contributed by atoms with van der Waals surface area (Å²) in [5, 5.41) is 0. The van der Waals surface area contributed by atoms with Crippen molar-refractivity contribution in [1.29, 1.82) is 0 Å². The Morgan fingerprint density at radius 1 is 0.918 bits per heavy atom. The predicted molar refractivity (Wildman–Crippen MR) is 186 cm³/mol. The number of anilines is 1. The lowest BCUT2D eigenvalue weighted by atomic mass is 9.79. The van der Waals surface area contributed by atoms with Gasteiger partial charge in [0, 0.05) is 54.8 Å². The molecule has 49 heavy (non-hydrogen) atoms. The van der Waals surface area contributed by atoms with Crippen LogP contribution in [0.1, 0.15) is 113 Å². The molecule has 3 saturated carbocycles. The molecule has 1 saturated heterocycles. The van der Waals surface area contributed by atoms with Crippen LogP contribution in [0.4, 0.5) is 10.6 Å². The summed E-state index contributed by atoms with van der Waals surface area (Å²) in [5.74, 6) is 4.13. The standard InChI is InChI=1S/C39H51N5O5/c1-25-17-20-43(21-18-25)39(46)49-32-12-10-30(11-13-32)38(45)44(36-22-31(16-19-40-36)34-24-48-37(42-34)29-8-9-29)23-27-4-6-28(7-5-27)33-14-15-35(47-3)26(2)41-33/h14-16,19,22,24-25,27-30,32H,4-13,17-18,20-21,23H2,1-3H3. The van der Waals surface area contributed by atoms with Crippen LogP contribution in [-0.4, -0.2) is 64.7 Å². The van der Waals surface area contributed by atoms with Crippen LogP contribution in [0.3, 0.4) is 0 Å². The second-order valence-electron chi connectivity index (χ2n) is 15.0. The van der Waals surface area contributed by atoms with Gasteiger partial charge in [-0.15, -0.1) is 0 Å². The number of aryl methyl sites for hydroxylation is 1. The summed E-state index contributed by atoms with van der Waals surface area (Å²) >= 11 is 0. The van der Waals surface area contributed by atoms with Crippen LogP contribution in [0.5, 0.6) is 5.75 Å². The quantitative estimate of drug-likeness (QED) is 0.225. The number of ether oxygens (including phenoxy) is 2. The zero-order valence-corrected chi connectivity index (χ0v) is 29.3. The van der Waals surface area contributed by atoms with Crippen LogP contribution < -0.4 is 9.64 Å². The molecule has 0 spiro atoms. The van der Waals surface area contributed by atoms with E-state index in [2.05, 4.69) is 13.0 Å². The van der Waals surface area contributed by atoms with Crippen molar-refractivity contribution in [2.45, 2.75) is 109 Å². The Balaban J connectivity index is 1.03. The van der Waals surface area contributed by atoms with E-state index in [9.17, 15) is 9.59 Å². The minimum atomic E-state index is -0.197. The van der Waals surface area contributed by atoms with E-state index < -0.39 is 0 Å². The molecular weight excluding hydrogens is 618 g/mol. The Kier molecular flexibility index (Phi) is 10.2. The third-order valence-electron chi connectivity index (χ3n) is 11.3. The first-order valence-electron chi connectivity index (χ1n) is 18.5. The SMILES string of the molecule is COc1ccc(C2CCC(CN(C(=O)C3CCC(OC(=O)N4CCC(C)CC4)CC3)c3cc(-c4coc(C5CC5)n4)ccn3)CC2)nc1C. The average Bonchev–Trinajstić information content (AvgIpc) is 3.86. The van der Waals surface area contributed by atoms with E-state index in [1.54, 1.807) is 19.6 Å². The van der Waals surface area contributed by atoms with Crippen LogP contribution in [0.15, 0.2) is 41.1 Å². The van der Waals surface area contributed by atoms with Crippen molar-refractivity contribution in [3.8, 4) is 17.0 Å². The maximum absolute atomic E-state index is 14.4. The van der Waals surface area contributed by atoms with Gasteiger partial charge in [0.15, 0.2) is 5.89 Å². The molecule has 3 aromatic rings. The molecule has 0 unspecified atom stereocenters. The maximum atomic E-state index is 14.4. The second kappa shape index (κ2) is 14.9. The number of carbonyl (C=O) groups excluding carboxylic acids is 2. The minimum Gasteiger partial charge on any atom is -0.495 e. The van der Waals surface area contributed by atoms with Crippen molar-refractivity contribution in [2.24, 2.45) is 17.8 Å². The second-order valence-corrected chi connectivity index (χ2v) is 15.0. The van der Waals surface area contributed by atoms with E-state index in [-0.39, 0.29) is 24.0 Å². The first-order valence-corrected chi connectivity index (χ1v) is 18.5. The number of hydrogen-bond donors (Lipinski definition) is 0. The molecule has 262 valence electrons. The fourth-order valence-corrected chi connectivity index (χ4v) is 7.93. The number of methoxy groups -OCH3 is 1. The molecule has 3 aromatic heterocycles. The Morgan fingerprint density at radius 2 is 1.65 bits per heavy atom. The normalized spacial score (nSPS) is 24.8. The van der Waals surface area contributed by atoms with Gasteiger partial charge in [0.05, 0.1) is 12.8 Å². The van der Waals surface area contributed by atoms with Gasteiger partial charge in [-0.2, -0.15) is 0 Å². The molecule has 3 aliphatic carbocycles. The zero-order chi connectivity index (χ0) is 33.9. The highest BCUT2D eigenvalue weighted by Gasteiger charge is 2.35. The molecule has 10 nitrogen and oxygen atoms in total. The van der Waals surface area contributed by atoms with E-state index in [1.807, 2.05) is 34.9 Å². The van der Waals surface area contributed by atoms with Crippen LogP contribution in [0.25, 0.3) is 11.3 Å². The van der Waals surface area contributed by atoms with Crippen LogP contribution in [0.2, 0.25) is 0 Å². The number of nitrogens with zero attached hydrogens (tertiary/aromatic N) is 5. The van der Waals surface area contributed by atoms with Gasteiger partial charge in [-0.25, -0.2) is 14.8 Å². The van der Waals surface area contributed by atoms with Crippen molar-refractivity contribution in [3.63, 3.8) is 0 Å². The highest BCUT2D eigenvalue weighted by molar-refractivity contribution is 5.94. The first kappa shape index (κ1) is 33.5. The van der Waals surface area contributed by atoms with Crippen molar-refractivity contribution < 1.29 is 23.5 Å². The van der Waals surface area contributed by atoms with E-state index in [0.29, 0.717) is 61.7 Å². The van der Waals surface area contributed by atoms with Crippen LogP contribution in [0, 0.1) is 24.7 Å². The number of carbonyl (C=O) groups is 2. The Labute approximate surface area is 290 Å². The number of hydrogen-bond acceptors (Lipinski definition) is 8. The molecule has 10 heteroatoms. The predicted octanol–water partition coefficient (Wildman–Crippen LogP) is 8.06. The molecule has 0 N–H and O–H groups in total. The molecule has 4 heterocycles. The Bertz CT molecular complexity index is 1600. The molecule has 0 atom stereocenters. The average molecular weight is 670 g/mol. The lowest BCUT2D eigenvalue weighted by Crippen LogP contribution is -2.43. The third kappa shape index (κ3) is 7.94. The molecule has 4 aliphatic rings. The molecule has 2 amide bonds. The van der Waals surface area contributed by atoms with Gasteiger partial charge in [-0.1, -0.05) is 6.92 Å². The monoisotopic (exact) mass is 669 g/mol. The minimum absolute atomic E-state index is 0.118. The molecule has 0 aromatic carbocycles. The maximum Gasteiger partial charge on any atom is 0.410 e. The lowest BCUT2D eigenvalue weighted by Gasteiger charge is -2.36. The largest absolute Gasteiger partial charge is 0.495 e. The highest BCUT2D eigenvalue weighted by atomic mass is 16.6. The molecule has 7 rings (SSSR count). The Morgan fingerprint density at radius 3 is 2.35 bits per heavy atom. The van der Waals surface area contributed by atoms with Crippen molar-refractivity contribution in [3.05, 3.63) is 54.0 Å². The summed E-state index contributed by atoms with van der Waals surface area (Å²) in [7, 11) is 1.68. The lowest BCUT2D eigenvalue weighted by molar-refractivity contribution is -0.124. The fourth-order valence-electron chi connectivity index (χ4n) is 7.93. The number of likely N-dealkylation sites (tertiary alicyclic amines) is 1. The highest BCUT2D eigenvalue weighted by Crippen LogP contribution is 2.41. The summed E-state index contributed by atoms with van der Waals surface area (Å²) < 4.78 is 17.2. The van der Waals surface area contributed by atoms with Crippen LogP contribution >= 0.6 is 0 Å². The van der Waals surface area contributed by atoms with Crippen molar-refractivity contribution in [2.75, 3.05) is 31.6 Å².